The summed E-state index contributed by atoms with van der Waals surface area (Å²) in [4.78, 5) is 56.9. The Morgan fingerprint density at radius 1 is 0.828 bits per heavy atom. The van der Waals surface area contributed by atoms with Gasteiger partial charge in [0.15, 0.2) is 0 Å². The van der Waals surface area contributed by atoms with E-state index < -0.39 is 6.04 Å². The van der Waals surface area contributed by atoms with Crippen LogP contribution in [0.4, 0.5) is 5.69 Å². The zero-order valence-corrected chi connectivity index (χ0v) is 33.2. The molecule has 0 spiro atoms. The molecule has 10 nitrogen and oxygen atoms in total. The third-order valence-electron chi connectivity index (χ3n) is 13.7. The third-order valence-corrected chi connectivity index (χ3v) is 13.7. The van der Waals surface area contributed by atoms with Crippen molar-refractivity contribution in [1.29, 1.82) is 0 Å². The smallest absolute Gasteiger partial charge is 0.255 e. The molecule has 1 saturated heterocycles. The van der Waals surface area contributed by atoms with Crippen molar-refractivity contribution in [3.8, 4) is 5.75 Å². The van der Waals surface area contributed by atoms with Crippen molar-refractivity contribution in [2.24, 2.45) is 5.92 Å². The van der Waals surface area contributed by atoms with Crippen LogP contribution in [0.15, 0.2) is 84.9 Å². The van der Waals surface area contributed by atoms with Gasteiger partial charge in [0.05, 0.1) is 6.04 Å². The number of nitrogens with zero attached hydrogens (tertiary/aromatic N) is 3. The van der Waals surface area contributed by atoms with Gasteiger partial charge in [-0.2, -0.15) is 0 Å². The number of phenols is 1. The van der Waals surface area contributed by atoms with Crippen LogP contribution in [0, 0.1) is 5.92 Å². The molecule has 1 saturated carbocycles. The van der Waals surface area contributed by atoms with Crippen LogP contribution in [0.25, 0.3) is 0 Å². The van der Waals surface area contributed by atoms with E-state index in [9.17, 15) is 24.3 Å². The summed E-state index contributed by atoms with van der Waals surface area (Å²) in [7, 11) is 1.54. The zero-order valence-electron chi connectivity index (χ0n) is 33.2. The van der Waals surface area contributed by atoms with E-state index in [2.05, 4.69) is 76.2 Å². The Kier molecular flexibility index (Phi) is 10.5. The maximum atomic E-state index is 13.8. The van der Waals surface area contributed by atoms with Gasteiger partial charge in [0, 0.05) is 75.3 Å². The molecule has 9 rings (SSSR count). The maximum Gasteiger partial charge on any atom is 0.255 e. The number of hydrogen-bond acceptors (Lipinski definition) is 7. The Bertz CT molecular complexity index is 2190. The van der Waals surface area contributed by atoms with Crippen molar-refractivity contribution in [3.63, 3.8) is 0 Å². The number of aromatic hydroxyl groups is 1. The van der Waals surface area contributed by atoms with E-state index >= 15 is 0 Å². The number of phenolic OH excluding ortho intramolecular Hbond substituents is 1. The first-order valence-electron chi connectivity index (χ1n) is 21.1. The molecule has 0 bridgehead atoms. The topological polar surface area (TPSA) is 122 Å². The molecule has 3 unspecified atom stereocenters. The molecule has 3 heterocycles. The first-order valence-corrected chi connectivity index (χ1v) is 21.1. The molecule has 300 valence electrons. The van der Waals surface area contributed by atoms with Crippen LogP contribution in [0.3, 0.4) is 0 Å². The molecule has 2 aliphatic carbocycles. The van der Waals surface area contributed by atoms with E-state index in [-0.39, 0.29) is 36.0 Å². The second kappa shape index (κ2) is 16.0. The first-order chi connectivity index (χ1) is 28.3. The summed E-state index contributed by atoms with van der Waals surface area (Å²) >= 11 is 0. The summed E-state index contributed by atoms with van der Waals surface area (Å²) in [6.45, 7) is 3.39. The minimum atomic E-state index is -0.688. The fraction of sp³-hybridized carbons (Fsp3) is 0.417. The van der Waals surface area contributed by atoms with Crippen molar-refractivity contribution in [2.45, 2.75) is 101 Å². The van der Waals surface area contributed by atoms with Gasteiger partial charge in [-0.05, 0) is 120 Å². The molecular formula is C48H53N5O5. The van der Waals surface area contributed by atoms with Crippen LogP contribution >= 0.6 is 0 Å². The Hall–Kier alpha value is -5.48. The van der Waals surface area contributed by atoms with Gasteiger partial charge in [-0.1, -0.05) is 54.6 Å². The molecular weight excluding hydrogens is 727 g/mol. The number of carbonyl (C=O) groups is 4. The Morgan fingerprint density at radius 2 is 1.57 bits per heavy atom. The highest BCUT2D eigenvalue weighted by molar-refractivity contribution is 6.01. The van der Waals surface area contributed by atoms with E-state index in [1.165, 1.54) is 22.3 Å². The monoisotopic (exact) mass is 779 g/mol. The second-order valence-electron chi connectivity index (χ2n) is 17.1. The number of nitrogens with one attached hydrogen (secondary N) is 2. The summed E-state index contributed by atoms with van der Waals surface area (Å²) in [5.41, 5.74) is 9.91. The number of anilines is 1. The SMILES string of the molecule is CNC(=O)C(CCC=O)N1Cc2cc3c(cc2C1=O)CN(C(=O)C1CCC(N2CC(Nc4ccc(C5c6ccc(O)cc6CCC5c5ccccc5)cc4)C2)CC1)C3. The minimum Gasteiger partial charge on any atom is -0.508 e. The normalized spacial score (nSPS) is 23.4. The standard InChI is InChI=1S/C48H53N5O5/c1-49-46(56)44(8-5-21-54)53-27-36-22-34-25-52(26-35(34)24-43(36)48(53)58)47(57)32-11-16-39(17-12-32)51-28-38(29-51)50-37-14-9-31(10-15-37)45-41(30-6-3-2-4-7-30)19-13-33-23-40(55)18-20-42(33)45/h2-4,6-7,9-10,14-15,18,20-24,32,38-39,41,44-45,50,55H,5,8,11-13,16-17,19,25-29H2,1H3,(H,49,56). The van der Waals surface area contributed by atoms with Crippen LogP contribution in [-0.4, -0.2) is 82.1 Å². The maximum absolute atomic E-state index is 13.8. The second-order valence-corrected chi connectivity index (χ2v) is 17.1. The summed E-state index contributed by atoms with van der Waals surface area (Å²) < 4.78 is 0. The average Bonchev–Trinajstić information content (AvgIpc) is 3.80. The number of hydrogen-bond donors (Lipinski definition) is 3. The first kappa shape index (κ1) is 38.1. The number of likely N-dealkylation sites (N-methyl/N-ethyl adjacent to an activating group) is 1. The number of benzene rings is 4. The van der Waals surface area contributed by atoms with E-state index in [0.29, 0.717) is 55.4 Å². The molecule has 10 heteroatoms. The molecule has 3 atom stereocenters. The highest BCUT2D eigenvalue weighted by Gasteiger charge is 2.40. The Balaban J connectivity index is 0.759. The number of amides is 3. The molecule has 2 fully saturated rings. The lowest BCUT2D eigenvalue weighted by atomic mass is 9.69. The number of carbonyl (C=O) groups excluding carboxylic acids is 4. The average molecular weight is 780 g/mol. The van der Waals surface area contributed by atoms with Crippen LogP contribution < -0.4 is 10.6 Å². The third kappa shape index (κ3) is 7.27. The van der Waals surface area contributed by atoms with Crippen molar-refractivity contribution in [1.82, 2.24) is 20.0 Å². The van der Waals surface area contributed by atoms with Gasteiger partial charge in [0.2, 0.25) is 11.8 Å². The minimum absolute atomic E-state index is 0.0256. The van der Waals surface area contributed by atoms with Gasteiger partial charge in [-0.25, -0.2) is 0 Å². The van der Waals surface area contributed by atoms with Gasteiger partial charge in [-0.15, -0.1) is 0 Å². The van der Waals surface area contributed by atoms with E-state index in [1.807, 2.05) is 29.2 Å². The van der Waals surface area contributed by atoms with Crippen molar-refractivity contribution >= 4 is 29.7 Å². The van der Waals surface area contributed by atoms with E-state index in [4.69, 9.17) is 0 Å². The Morgan fingerprint density at radius 3 is 2.29 bits per heavy atom. The molecule has 0 aromatic heterocycles. The molecule has 4 aromatic rings. The number of rotatable bonds is 11. The van der Waals surface area contributed by atoms with Crippen molar-refractivity contribution < 1.29 is 24.3 Å². The van der Waals surface area contributed by atoms with Crippen LogP contribution in [0.2, 0.25) is 0 Å². The lowest BCUT2D eigenvalue weighted by molar-refractivity contribution is -0.137. The number of aryl methyl sites for hydroxylation is 1. The van der Waals surface area contributed by atoms with E-state index in [1.54, 1.807) is 11.9 Å². The van der Waals surface area contributed by atoms with E-state index in [0.717, 1.165) is 80.3 Å². The van der Waals surface area contributed by atoms with Gasteiger partial charge in [0.25, 0.3) is 5.91 Å². The number of aldehydes is 1. The predicted octanol–water partition coefficient (Wildman–Crippen LogP) is 6.50. The summed E-state index contributed by atoms with van der Waals surface area (Å²) in [5.74, 6) is 0.734. The van der Waals surface area contributed by atoms with Gasteiger partial charge in [-0.3, -0.25) is 19.3 Å². The van der Waals surface area contributed by atoms with Gasteiger partial charge < -0.3 is 30.3 Å². The summed E-state index contributed by atoms with van der Waals surface area (Å²) in [6.07, 6.45) is 7.13. The Labute approximate surface area is 340 Å². The van der Waals surface area contributed by atoms with Crippen LogP contribution in [-0.2, 0) is 40.4 Å². The fourth-order valence-electron chi connectivity index (χ4n) is 10.6. The number of likely N-dealkylation sites (tertiary alicyclic amines) is 1. The zero-order chi connectivity index (χ0) is 39.9. The largest absolute Gasteiger partial charge is 0.508 e. The highest BCUT2D eigenvalue weighted by atomic mass is 16.3. The molecule has 5 aliphatic rings. The van der Waals surface area contributed by atoms with Crippen molar-refractivity contribution in [3.05, 3.63) is 129 Å². The molecule has 3 N–H and O–H groups in total. The lowest BCUT2D eigenvalue weighted by Crippen LogP contribution is -2.59. The van der Waals surface area contributed by atoms with Crippen molar-refractivity contribution in [2.75, 3.05) is 25.5 Å². The summed E-state index contributed by atoms with van der Waals surface area (Å²) in [6, 6.07) is 29.9. The van der Waals surface area contributed by atoms with Crippen LogP contribution in [0.1, 0.15) is 106 Å². The van der Waals surface area contributed by atoms with Gasteiger partial charge >= 0.3 is 0 Å². The molecule has 3 amide bonds. The van der Waals surface area contributed by atoms with Gasteiger partial charge in [0.1, 0.15) is 18.1 Å². The molecule has 3 aliphatic heterocycles. The van der Waals surface area contributed by atoms with Crippen LogP contribution in [0.5, 0.6) is 5.75 Å². The predicted molar refractivity (Wildman–Crippen MR) is 222 cm³/mol. The number of fused-ring (bicyclic) bond motifs is 3. The quantitative estimate of drug-likeness (QED) is 0.149. The highest BCUT2D eigenvalue weighted by Crippen LogP contribution is 2.47. The fourth-order valence-corrected chi connectivity index (χ4v) is 10.6. The summed E-state index contributed by atoms with van der Waals surface area (Å²) in [5, 5.41) is 16.6. The lowest BCUT2D eigenvalue weighted by Gasteiger charge is -2.47. The molecule has 4 aromatic carbocycles. The molecule has 0 radical (unpaired) electrons. The molecule has 58 heavy (non-hydrogen) atoms.